The number of aryl methyl sites for hydroxylation is 2. The molecular weight excluding hydrogens is 454 g/mol. The first kappa shape index (κ1) is 20.2. The number of pyridine rings is 1. The minimum atomic E-state index is 0.0883. The molecule has 3 heterocycles. The van der Waals surface area contributed by atoms with Gasteiger partial charge in [0.15, 0.2) is 0 Å². The van der Waals surface area contributed by atoms with Crippen LogP contribution in [-0.2, 0) is 19.3 Å². The van der Waals surface area contributed by atoms with Gasteiger partial charge in [-0.3, -0.25) is 4.98 Å². The van der Waals surface area contributed by atoms with E-state index in [4.69, 9.17) is 20.9 Å². The van der Waals surface area contributed by atoms with E-state index < -0.39 is 0 Å². The van der Waals surface area contributed by atoms with Crippen molar-refractivity contribution in [3.8, 4) is 22.6 Å². The Hall–Kier alpha value is -2.73. The van der Waals surface area contributed by atoms with Crippen molar-refractivity contribution in [1.29, 1.82) is 0 Å². The van der Waals surface area contributed by atoms with Crippen molar-refractivity contribution in [3.05, 3.63) is 63.4 Å². The Labute approximate surface area is 190 Å². The summed E-state index contributed by atoms with van der Waals surface area (Å²) < 4.78 is 13.4. The molecule has 160 valence electrons. The van der Waals surface area contributed by atoms with E-state index in [1.807, 2.05) is 18.5 Å². The van der Waals surface area contributed by atoms with Crippen molar-refractivity contribution in [1.82, 2.24) is 4.98 Å². The summed E-state index contributed by atoms with van der Waals surface area (Å²) in [7, 11) is 0. The topological polar surface area (TPSA) is 83.4 Å². The third-order valence-electron chi connectivity index (χ3n) is 6.24. The molecule has 2 atom stereocenters. The molecule has 0 aliphatic carbocycles. The minimum Gasteiger partial charge on any atom is -0.488 e. The summed E-state index contributed by atoms with van der Waals surface area (Å²) in [5.41, 5.74) is 21.2. The average Bonchev–Trinajstić information content (AvgIpc) is 3.36. The zero-order valence-corrected chi connectivity index (χ0v) is 19.3. The van der Waals surface area contributed by atoms with Crippen LogP contribution in [0.5, 0.6) is 11.5 Å². The number of hydrogen-bond acceptors (Lipinski definition) is 5. The molecule has 31 heavy (non-hydrogen) atoms. The number of ether oxygens (including phenoxy) is 2. The number of nitrogens with two attached hydrogens (primary N) is 2. The van der Waals surface area contributed by atoms with Crippen LogP contribution in [-0.4, -0.2) is 17.2 Å². The van der Waals surface area contributed by atoms with Crippen molar-refractivity contribution in [2.75, 3.05) is 11.5 Å². The molecule has 1 aromatic heterocycles. The molecule has 0 spiro atoms. The lowest BCUT2D eigenvalue weighted by molar-refractivity contribution is 0.223. The highest BCUT2D eigenvalue weighted by molar-refractivity contribution is 9.10. The van der Waals surface area contributed by atoms with E-state index >= 15 is 0 Å². The van der Waals surface area contributed by atoms with Gasteiger partial charge >= 0.3 is 0 Å². The maximum atomic E-state index is 6.40. The van der Waals surface area contributed by atoms with Crippen LogP contribution in [0.1, 0.15) is 35.6 Å². The monoisotopic (exact) mass is 479 g/mol. The molecule has 0 amide bonds. The van der Waals surface area contributed by atoms with Gasteiger partial charge in [-0.05, 0) is 73.2 Å². The van der Waals surface area contributed by atoms with E-state index in [9.17, 15) is 0 Å². The number of nitrogens with zero attached hydrogens (tertiary/aromatic N) is 1. The van der Waals surface area contributed by atoms with E-state index in [-0.39, 0.29) is 12.2 Å². The molecule has 0 saturated carbocycles. The number of halogens is 1. The molecule has 0 bridgehead atoms. The van der Waals surface area contributed by atoms with Gasteiger partial charge < -0.3 is 20.9 Å². The summed E-state index contributed by atoms with van der Waals surface area (Å²) in [6.07, 6.45) is 7.34. The Morgan fingerprint density at radius 1 is 1.03 bits per heavy atom. The summed E-state index contributed by atoms with van der Waals surface area (Å²) >= 11 is 3.71. The molecule has 2 aliphatic heterocycles. The van der Waals surface area contributed by atoms with Crippen molar-refractivity contribution in [3.63, 3.8) is 0 Å². The summed E-state index contributed by atoms with van der Waals surface area (Å²) in [5, 5.41) is 0. The quantitative estimate of drug-likeness (QED) is 0.499. The largest absolute Gasteiger partial charge is 0.488 e. The molecule has 0 radical (unpaired) electrons. The van der Waals surface area contributed by atoms with Gasteiger partial charge in [0, 0.05) is 40.8 Å². The maximum absolute atomic E-state index is 6.40. The van der Waals surface area contributed by atoms with Gasteiger partial charge in [0.1, 0.15) is 23.7 Å². The van der Waals surface area contributed by atoms with Crippen LogP contribution in [0.25, 0.3) is 11.1 Å². The predicted octanol–water partition coefficient (Wildman–Crippen LogP) is 5.24. The summed E-state index contributed by atoms with van der Waals surface area (Å²) in [4.78, 5) is 4.19. The predicted molar refractivity (Wildman–Crippen MR) is 128 cm³/mol. The smallest absolute Gasteiger partial charge is 0.147 e. The SMILES string of the molecule is Cc1cc(N)c2c(c1Br)CC(CCc1cc(N)c3c(c1-c1ccncc1)C[C@@H](C)O3)O2. The minimum absolute atomic E-state index is 0.0883. The van der Waals surface area contributed by atoms with Crippen LogP contribution in [0, 0.1) is 6.92 Å². The van der Waals surface area contributed by atoms with Gasteiger partial charge in [0.05, 0.1) is 11.4 Å². The second-order valence-corrected chi connectivity index (χ2v) is 9.36. The molecular formula is C25H26BrN3O2. The van der Waals surface area contributed by atoms with E-state index in [2.05, 4.69) is 53.0 Å². The molecule has 4 N–H and O–H groups in total. The van der Waals surface area contributed by atoms with E-state index in [0.29, 0.717) is 11.4 Å². The maximum Gasteiger partial charge on any atom is 0.147 e. The number of nitrogen functional groups attached to an aromatic ring is 2. The number of benzene rings is 2. The number of hydrogen-bond donors (Lipinski definition) is 2. The van der Waals surface area contributed by atoms with Gasteiger partial charge in [0.25, 0.3) is 0 Å². The standard InChI is InChI=1S/C25H26BrN3O2/c1-13-9-20(27)25-19(23(13)26)12-17(31-25)4-3-16-11-21(28)24-18(10-14(2)30-24)22(16)15-5-7-29-8-6-15/h5-9,11,14,17H,3-4,10,12,27-28H2,1-2H3/t14-,17?/m1/s1. The summed E-state index contributed by atoms with van der Waals surface area (Å²) in [5.74, 6) is 1.66. The van der Waals surface area contributed by atoms with Crippen LogP contribution in [0.15, 0.2) is 41.1 Å². The summed E-state index contributed by atoms with van der Waals surface area (Å²) in [6.45, 7) is 4.15. The Morgan fingerprint density at radius 3 is 2.52 bits per heavy atom. The fourth-order valence-electron chi connectivity index (χ4n) is 4.86. The van der Waals surface area contributed by atoms with Crippen LogP contribution in [0.4, 0.5) is 11.4 Å². The highest BCUT2D eigenvalue weighted by Gasteiger charge is 2.30. The molecule has 0 saturated heterocycles. The van der Waals surface area contributed by atoms with Crippen LogP contribution >= 0.6 is 15.9 Å². The van der Waals surface area contributed by atoms with Gasteiger partial charge in [-0.15, -0.1) is 0 Å². The van der Waals surface area contributed by atoms with Crippen LogP contribution in [0.3, 0.4) is 0 Å². The highest BCUT2D eigenvalue weighted by Crippen LogP contribution is 2.45. The van der Waals surface area contributed by atoms with Gasteiger partial charge in [0.2, 0.25) is 0 Å². The third kappa shape index (κ3) is 3.53. The highest BCUT2D eigenvalue weighted by atomic mass is 79.9. The number of anilines is 2. The number of fused-ring (bicyclic) bond motifs is 2. The Morgan fingerprint density at radius 2 is 1.74 bits per heavy atom. The molecule has 6 heteroatoms. The zero-order valence-electron chi connectivity index (χ0n) is 17.7. The van der Waals surface area contributed by atoms with Crippen molar-refractivity contribution >= 4 is 27.3 Å². The van der Waals surface area contributed by atoms with E-state index in [0.717, 1.165) is 52.8 Å². The van der Waals surface area contributed by atoms with Crippen LogP contribution in [0.2, 0.25) is 0 Å². The molecule has 0 fully saturated rings. The average molecular weight is 480 g/mol. The Bertz CT molecular complexity index is 1160. The lowest BCUT2D eigenvalue weighted by Gasteiger charge is -2.18. The van der Waals surface area contributed by atoms with E-state index in [1.54, 1.807) is 0 Å². The summed E-state index contributed by atoms with van der Waals surface area (Å²) in [6, 6.07) is 8.15. The fourth-order valence-corrected chi connectivity index (χ4v) is 5.31. The van der Waals surface area contributed by atoms with Crippen molar-refractivity contribution < 1.29 is 9.47 Å². The number of aromatic nitrogens is 1. The molecule has 5 nitrogen and oxygen atoms in total. The molecule has 2 aromatic carbocycles. The molecule has 1 unspecified atom stereocenters. The first-order valence-electron chi connectivity index (χ1n) is 10.7. The first-order chi connectivity index (χ1) is 14.9. The molecule has 2 aliphatic rings. The first-order valence-corrected chi connectivity index (χ1v) is 11.5. The molecule has 3 aromatic rings. The van der Waals surface area contributed by atoms with Crippen molar-refractivity contribution in [2.45, 2.75) is 51.7 Å². The third-order valence-corrected chi connectivity index (χ3v) is 7.34. The molecule has 5 rings (SSSR count). The number of rotatable bonds is 4. The van der Waals surface area contributed by atoms with Gasteiger partial charge in [-0.25, -0.2) is 0 Å². The lowest BCUT2D eigenvalue weighted by atomic mass is 9.89. The Kier molecular flexibility index (Phi) is 5.05. The van der Waals surface area contributed by atoms with Gasteiger partial charge in [-0.2, -0.15) is 0 Å². The van der Waals surface area contributed by atoms with E-state index in [1.165, 1.54) is 22.3 Å². The van der Waals surface area contributed by atoms with Crippen molar-refractivity contribution in [2.24, 2.45) is 0 Å². The lowest BCUT2D eigenvalue weighted by Crippen LogP contribution is -2.14. The zero-order chi connectivity index (χ0) is 21.7. The Balaban J connectivity index is 1.46. The van der Waals surface area contributed by atoms with Crippen LogP contribution < -0.4 is 20.9 Å². The second kappa shape index (κ2) is 7.75. The fraction of sp³-hybridized carbons (Fsp3) is 0.320. The van der Waals surface area contributed by atoms with Gasteiger partial charge in [-0.1, -0.05) is 15.9 Å². The second-order valence-electron chi connectivity index (χ2n) is 8.56. The normalized spacial score (nSPS) is 18.9.